The van der Waals surface area contributed by atoms with Crippen LogP contribution in [0.25, 0.3) is 5.65 Å². The number of hydrogen-bond donors (Lipinski definition) is 0. The number of anilines is 1. The largest absolute Gasteiger partial charge is 0.371 e. The zero-order valence-electron chi connectivity index (χ0n) is 14.1. The molecular formula is C18H18Cl2N6. The van der Waals surface area contributed by atoms with E-state index in [1.807, 2.05) is 30.3 Å². The Kier molecular flexibility index (Phi) is 4.70. The number of fused-ring (bicyclic) bond motifs is 1. The summed E-state index contributed by atoms with van der Waals surface area (Å²) in [5.41, 5.74) is 2.96. The van der Waals surface area contributed by atoms with E-state index in [0.29, 0.717) is 10.0 Å². The van der Waals surface area contributed by atoms with Gasteiger partial charge in [-0.15, -0.1) is 15.3 Å². The van der Waals surface area contributed by atoms with Gasteiger partial charge in [0, 0.05) is 38.3 Å². The van der Waals surface area contributed by atoms with Gasteiger partial charge < -0.3 is 9.80 Å². The Balaban J connectivity index is 1.37. The van der Waals surface area contributed by atoms with Gasteiger partial charge in [-0.05, 0) is 29.8 Å². The molecule has 1 aliphatic rings. The van der Waals surface area contributed by atoms with Gasteiger partial charge in [0.15, 0.2) is 5.65 Å². The van der Waals surface area contributed by atoms with Crippen molar-refractivity contribution in [3.63, 3.8) is 0 Å². The second-order valence-electron chi connectivity index (χ2n) is 6.29. The van der Waals surface area contributed by atoms with Crippen molar-refractivity contribution in [3.8, 4) is 0 Å². The zero-order chi connectivity index (χ0) is 18.1. The molecule has 2 aromatic heterocycles. The van der Waals surface area contributed by atoms with Crippen LogP contribution >= 0.6 is 23.2 Å². The summed E-state index contributed by atoms with van der Waals surface area (Å²) < 4.78 is 1.70. The van der Waals surface area contributed by atoms with Crippen LogP contribution in [0.2, 0.25) is 10.0 Å². The molecule has 3 aromatic rings. The van der Waals surface area contributed by atoms with Crippen molar-refractivity contribution < 1.29 is 0 Å². The molecule has 0 bridgehead atoms. The summed E-state index contributed by atoms with van der Waals surface area (Å²) in [6.45, 7) is 7.84. The van der Waals surface area contributed by atoms with Crippen LogP contribution in [0.5, 0.6) is 0 Å². The van der Waals surface area contributed by atoms with Crippen molar-refractivity contribution in [2.45, 2.75) is 6.42 Å². The van der Waals surface area contributed by atoms with Gasteiger partial charge >= 0.3 is 0 Å². The molecule has 6 nitrogen and oxygen atoms in total. The van der Waals surface area contributed by atoms with Crippen LogP contribution in [0.4, 0.5) is 5.82 Å². The Bertz CT molecular complexity index is 946. The number of rotatable bonds is 4. The topological polar surface area (TPSA) is 49.6 Å². The van der Waals surface area contributed by atoms with Gasteiger partial charge in [-0.25, -0.2) is 0 Å². The molecule has 0 N–H and O–H groups in total. The lowest BCUT2D eigenvalue weighted by Gasteiger charge is -2.37. The van der Waals surface area contributed by atoms with Crippen LogP contribution in [-0.2, 0) is 6.42 Å². The van der Waals surface area contributed by atoms with Gasteiger partial charge in [-0.3, -0.25) is 0 Å². The lowest BCUT2D eigenvalue weighted by atomic mass is 10.1. The predicted octanol–water partition coefficient (Wildman–Crippen LogP) is 3.31. The number of allylic oxidation sites excluding steroid dienone is 1. The molecule has 0 unspecified atom stereocenters. The van der Waals surface area contributed by atoms with E-state index in [1.54, 1.807) is 10.8 Å². The van der Waals surface area contributed by atoms with E-state index in [4.69, 9.17) is 23.2 Å². The van der Waals surface area contributed by atoms with Gasteiger partial charge in [0.1, 0.15) is 12.1 Å². The molecule has 1 aliphatic heterocycles. The summed E-state index contributed by atoms with van der Waals surface area (Å²) in [6, 6.07) is 9.66. The Morgan fingerprint density at radius 3 is 2.62 bits per heavy atom. The number of nitrogens with zero attached hydrogens (tertiary/aromatic N) is 6. The molecule has 0 spiro atoms. The van der Waals surface area contributed by atoms with E-state index in [0.717, 1.165) is 55.3 Å². The highest BCUT2D eigenvalue weighted by atomic mass is 35.5. The Labute approximate surface area is 161 Å². The van der Waals surface area contributed by atoms with Crippen molar-refractivity contribution in [1.29, 1.82) is 0 Å². The third-order valence-electron chi connectivity index (χ3n) is 4.59. The molecular weight excluding hydrogens is 371 g/mol. The number of aromatic nitrogens is 4. The molecule has 4 rings (SSSR count). The minimum atomic E-state index is 0.576. The quantitative estimate of drug-likeness (QED) is 0.685. The maximum absolute atomic E-state index is 6.10. The van der Waals surface area contributed by atoms with Gasteiger partial charge in [-0.1, -0.05) is 35.8 Å². The van der Waals surface area contributed by atoms with Crippen molar-refractivity contribution in [1.82, 2.24) is 24.7 Å². The number of benzene rings is 1. The lowest BCUT2D eigenvalue weighted by molar-refractivity contribution is 0.315. The van der Waals surface area contributed by atoms with E-state index in [9.17, 15) is 0 Å². The first kappa shape index (κ1) is 17.1. The van der Waals surface area contributed by atoms with Crippen LogP contribution in [0.1, 0.15) is 5.56 Å². The second kappa shape index (κ2) is 7.13. The smallest absolute Gasteiger partial charge is 0.177 e. The molecule has 1 aromatic carbocycles. The monoisotopic (exact) mass is 388 g/mol. The van der Waals surface area contributed by atoms with E-state index in [1.165, 1.54) is 0 Å². The molecule has 1 fully saturated rings. The molecule has 0 aliphatic carbocycles. The molecule has 26 heavy (non-hydrogen) atoms. The SMILES string of the molecule is C=C(Cc1ccc(Cl)c(Cl)c1)N1CCN(c2ccc3nncn3n2)CC1. The standard InChI is InChI=1S/C18H18Cl2N6/c1-13(10-14-2-3-15(19)16(20)11-14)24-6-8-25(9-7-24)18-5-4-17-22-21-12-26(17)23-18/h2-5,11-12H,1,6-10H2. The highest BCUT2D eigenvalue weighted by Gasteiger charge is 2.19. The third-order valence-corrected chi connectivity index (χ3v) is 5.33. The fourth-order valence-corrected chi connectivity index (χ4v) is 3.46. The van der Waals surface area contributed by atoms with Gasteiger partial charge in [-0.2, -0.15) is 4.52 Å². The van der Waals surface area contributed by atoms with E-state index < -0.39 is 0 Å². The molecule has 0 radical (unpaired) electrons. The first-order valence-corrected chi connectivity index (χ1v) is 9.14. The Morgan fingerprint density at radius 1 is 1.04 bits per heavy atom. The summed E-state index contributed by atoms with van der Waals surface area (Å²) in [5.74, 6) is 0.937. The van der Waals surface area contributed by atoms with Crippen LogP contribution in [0, 0.1) is 0 Å². The molecule has 134 valence electrons. The van der Waals surface area contributed by atoms with Gasteiger partial charge in [0.2, 0.25) is 0 Å². The summed E-state index contributed by atoms with van der Waals surface area (Å²) in [7, 11) is 0. The molecule has 0 amide bonds. The van der Waals surface area contributed by atoms with Crippen LogP contribution in [0.15, 0.2) is 48.9 Å². The maximum atomic E-state index is 6.10. The van der Waals surface area contributed by atoms with Gasteiger partial charge in [0.25, 0.3) is 0 Å². The minimum Gasteiger partial charge on any atom is -0.371 e. The normalized spacial score (nSPS) is 14.8. The third kappa shape index (κ3) is 3.48. The van der Waals surface area contributed by atoms with Crippen LogP contribution in [-0.4, -0.2) is 50.9 Å². The first-order chi connectivity index (χ1) is 12.6. The second-order valence-corrected chi connectivity index (χ2v) is 7.11. The van der Waals surface area contributed by atoms with Crippen LogP contribution in [0.3, 0.4) is 0 Å². The molecule has 1 saturated heterocycles. The Morgan fingerprint density at radius 2 is 1.85 bits per heavy atom. The van der Waals surface area contributed by atoms with Crippen molar-refractivity contribution in [2.75, 3.05) is 31.1 Å². The summed E-state index contributed by atoms with van der Waals surface area (Å²) in [6.07, 6.45) is 2.38. The van der Waals surface area contributed by atoms with Gasteiger partial charge in [0.05, 0.1) is 10.0 Å². The number of halogens is 2. The highest BCUT2D eigenvalue weighted by molar-refractivity contribution is 6.42. The fourth-order valence-electron chi connectivity index (χ4n) is 3.14. The van der Waals surface area contributed by atoms with Crippen molar-refractivity contribution in [2.24, 2.45) is 0 Å². The van der Waals surface area contributed by atoms with E-state index in [2.05, 4.69) is 31.7 Å². The maximum Gasteiger partial charge on any atom is 0.177 e. The fraction of sp³-hybridized carbons (Fsp3) is 0.278. The van der Waals surface area contributed by atoms with E-state index >= 15 is 0 Å². The first-order valence-electron chi connectivity index (χ1n) is 8.39. The number of hydrogen-bond acceptors (Lipinski definition) is 5. The highest BCUT2D eigenvalue weighted by Crippen LogP contribution is 2.24. The van der Waals surface area contributed by atoms with E-state index in [-0.39, 0.29) is 0 Å². The summed E-state index contributed by atoms with van der Waals surface area (Å²) in [4.78, 5) is 4.58. The molecule has 0 saturated carbocycles. The summed E-state index contributed by atoms with van der Waals surface area (Å²) in [5, 5.41) is 13.6. The molecule has 0 atom stereocenters. The Hall–Kier alpha value is -2.31. The average molecular weight is 389 g/mol. The zero-order valence-corrected chi connectivity index (χ0v) is 15.7. The molecule has 8 heteroatoms. The van der Waals surface area contributed by atoms with Crippen molar-refractivity contribution in [3.05, 3.63) is 64.5 Å². The van der Waals surface area contributed by atoms with Crippen LogP contribution < -0.4 is 4.90 Å². The number of piperazine rings is 1. The minimum absolute atomic E-state index is 0.576. The van der Waals surface area contributed by atoms with Crippen molar-refractivity contribution >= 4 is 34.7 Å². The summed E-state index contributed by atoms with van der Waals surface area (Å²) >= 11 is 12.1. The predicted molar refractivity (Wildman–Crippen MR) is 104 cm³/mol. The lowest BCUT2D eigenvalue weighted by Crippen LogP contribution is -2.46. The molecule has 3 heterocycles. The average Bonchev–Trinajstić information content (AvgIpc) is 3.12.